The van der Waals surface area contributed by atoms with Gasteiger partial charge in [0.15, 0.2) is 11.6 Å². The molecule has 2 nitrogen and oxygen atoms in total. The van der Waals surface area contributed by atoms with Gasteiger partial charge in [-0.3, -0.25) is 4.90 Å². The average molecular weight is 251 g/mol. The summed E-state index contributed by atoms with van der Waals surface area (Å²) in [5.41, 5.74) is -0.230. The third-order valence-corrected chi connectivity index (χ3v) is 2.27. The Balaban J connectivity index is 2.69. The van der Waals surface area contributed by atoms with E-state index in [0.29, 0.717) is 0 Å². The molecule has 0 aliphatic carbocycles. The van der Waals surface area contributed by atoms with Crippen LogP contribution in [0.3, 0.4) is 0 Å². The molecule has 1 aromatic carbocycles. The van der Waals surface area contributed by atoms with Gasteiger partial charge in [-0.1, -0.05) is 12.1 Å². The molecule has 0 radical (unpaired) electrons. The van der Waals surface area contributed by atoms with E-state index >= 15 is 0 Å². The Kier molecular flexibility index (Phi) is 4.89. The third-order valence-electron chi connectivity index (χ3n) is 2.27. The highest BCUT2D eigenvalue weighted by Crippen LogP contribution is 2.20. The van der Waals surface area contributed by atoms with Gasteiger partial charge in [-0.25, -0.2) is 17.6 Å². The van der Waals surface area contributed by atoms with E-state index in [2.05, 4.69) is 0 Å². The van der Waals surface area contributed by atoms with Crippen LogP contribution in [0.2, 0.25) is 0 Å². The quantitative estimate of drug-likeness (QED) is 0.811. The molecule has 0 bridgehead atoms. The maximum Gasteiger partial charge on any atom is 0.251 e. The first-order chi connectivity index (χ1) is 7.91. The van der Waals surface area contributed by atoms with Crippen molar-refractivity contribution in [3.8, 4) is 0 Å². The molecular formula is C11H13F4NO. The van der Waals surface area contributed by atoms with Gasteiger partial charge in [0.05, 0.1) is 12.6 Å². The van der Waals surface area contributed by atoms with Crippen molar-refractivity contribution < 1.29 is 22.7 Å². The molecule has 1 N–H and O–H groups in total. The molecule has 0 aliphatic heterocycles. The summed E-state index contributed by atoms with van der Waals surface area (Å²) in [5, 5.41) is 9.62. The first-order valence-corrected chi connectivity index (χ1v) is 5.00. The predicted octanol–water partition coefficient (Wildman–Crippen LogP) is 2.20. The van der Waals surface area contributed by atoms with Gasteiger partial charge in [-0.2, -0.15) is 0 Å². The molecule has 17 heavy (non-hydrogen) atoms. The van der Waals surface area contributed by atoms with Gasteiger partial charge < -0.3 is 5.11 Å². The van der Waals surface area contributed by atoms with E-state index in [9.17, 15) is 22.7 Å². The molecule has 0 heterocycles. The van der Waals surface area contributed by atoms with E-state index in [1.807, 2.05) is 0 Å². The first-order valence-electron chi connectivity index (χ1n) is 5.00. The Morgan fingerprint density at radius 2 is 1.88 bits per heavy atom. The van der Waals surface area contributed by atoms with Crippen molar-refractivity contribution in [1.82, 2.24) is 4.90 Å². The number of nitrogens with zero attached hydrogens (tertiary/aromatic N) is 1. The summed E-state index contributed by atoms with van der Waals surface area (Å²) < 4.78 is 50.2. The summed E-state index contributed by atoms with van der Waals surface area (Å²) in [6.45, 7) is -0.724. The lowest BCUT2D eigenvalue weighted by molar-refractivity contribution is 0.0667. The summed E-state index contributed by atoms with van der Waals surface area (Å²) in [5.74, 6) is -2.22. The van der Waals surface area contributed by atoms with Crippen LogP contribution in [0.15, 0.2) is 18.2 Å². The van der Waals surface area contributed by atoms with Gasteiger partial charge in [-0.15, -0.1) is 0 Å². The summed E-state index contributed by atoms with van der Waals surface area (Å²) in [4.78, 5) is 1.15. The highest BCUT2D eigenvalue weighted by molar-refractivity contribution is 5.21. The van der Waals surface area contributed by atoms with E-state index in [4.69, 9.17) is 0 Å². The number of aliphatic hydroxyl groups is 1. The highest BCUT2D eigenvalue weighted by Gasteiger charge is 2.18. The number of benzene rings is 1. The Labute approximate surface area is 96.5 Å². The fourth-order valence-electron chi connectivity index (χ4n) is 1.48. The zero-order chi connectivity index (χ0) is 13.0. The van der Waals surface area contributed by atoms with Crippen LogP contribution in [0.4, 0.5) is 17.6 Å². The zero-order valence-electron chi connectivity index (χ0n) is 9.21. The minimum Gasteiger partial charge on any atom is -0.387 e. The average Bonchev–Trinajstić information content (AvgIpc) is 2.20. The normalized spacial score (nSPS) is 13.4. The molecule has 1 aromatic rings. The number of likely N-dealkylation sites (N-methyl/N-ethyl adjacent to an activating group) is 1. The molecule has 96 valence electrons. The topological polar surface area (TPSA) is 23.5 Å². The lowest BCUT2D eigenvalue weighted by atomic mass is 10.1. The molecule has 0 saturated heterocycles. The summed E-state index contributed by atoms with van der Waals surface area (Å²) >= 11 is 0. The van der Waals surface area contributed by atoms with Gasteiger partial charge in [0.25, 0.3) is 6.43 Å². The molecule has 0 amide bonds. The standard InChI is InChI=1S/C11H13F4NO/c1-16(6-10(13)14)5-9(17)7-3-2-4-8(12)11(7)15/h2-4,9-10,17H,5-6H2,1H3. The molecule has 0 aromatic heterocycles. The van der Waals surface area contributed by atoms with E-state index in [1.54, 1.807) is 0 Å². The van der Waals surface area contributed by atoms with Gasteiger partial charge in [-0.05, 0) is 13.1 Å². The Bertz CT molecular complexity index is 372. The lowest BCUT2D eigenvalue weighted by Gasteiger charge is -2.20. The smallest absolute Gasteiger partial charge is 0.251 e. The minimum atomic E-state index is -2.54. The van der Waals surface area contributed by atoms with Crippen LogP contribution in [0.5, 0.6) is 0 Å². The molecule has 0 aliphatic rings. The number of halogens is 4. The van der Waals surface area contributed by atoms with E-state index in [-0.39, 0.29) is 12.1 Å². The van der Waals surface area contributed by atoms with Crippen LogP contribution in [-0.4, -0.2) is 36.6 Å². The van der Waals surface area contributed by atoms with Crippen molar-refractivity contribution >= 4 is 0 Å². The second kappa shape index (κ2) is 5.97. The maximum absolute atomic E-state index is 13.3. The third kappa shape index (κ3) is 3.98. The van der Waals surface area contributed by atoms with Gasteiger partial charge in [0.2, 0.25) is 0 Å². The van der Waals surface area contributed by atoms with Gasteiger partial charge in [0.1, 0.15) is 0 Å². The van der Waals surface area contributed by atoms with Gasteiger partial charge >= 0.3 is 0 Å². The van der Waals surface area contributed by atoms with E-state index in [0.717, 1.165) is 11.0 Å². The second-order valence-electron chi connectivity index (χ2n) is 3.77. The van der Waals surface area contributed by atoms with Crippen LogP contribution in [0.1, 0.15) is 11.7 Å². The summed E-state index contributed by atoms with van der Waals surface area (Å²) in [6.07, 6.45) is -3.88. The molecule has 0 fully saturated rings. The molecular weight excluding hydrogens is 238 g/mol. The molecule has 0 spiro atoms. The van der Waals surface area contributed by atoms with Crippen molar-refractivity contribution in [2.75, 3.05) is 20.1 Å². The van der Waals surface area contributed by atoms with Crippen LogP contribution in [0, 0.1) is 11.6 Å². The molecule has 6 heteroatoms. The maximum atomic E-state index is 13.3. The minimum absolute atomic E-state index is 0.190. The highest BCUT2D eigenvalue weighted by atomic mass is 19.3. The van der Waals surface area contributed by atoms with Crippen LogP contribution < -0.4 is 0 Å². The van der Waals surface area contributed by atoms with Crippen LogP contribution in [0.25, 0.3) is 0 Å². The number of alkyl halides is 2. The summed E-state index contributed by atoms with van der Waals surface area (Å²) in [6, 6.07) is 3.40. The van der Waals surface area contributed by atoms with E-state index in [1.165, 1.54) is 19.2 Å². The Morgan fingerprint density at radius 1 is 1.24 bits per heavy atom. The van der Waals surface area contributed by atoms with Crippen molar-refractivity contribution in [3.05, 3.63) is 35.4 Å². The van der Waals surface area contributed by atoms with Crippen molar-refractivity contribution in [2.45, 2.75) is 12.5 Å². The first kappa shape index (κ1) is 13.9. The second-order valence-corrected chi connectivity index (χ2v) is 3.77. The lowest BCUT2D eigenvalue weighted by Crippen LogP contribution is -2.29. The fraction of sp³-hybridized carbons (Fsp3) is 0.455. The number of hydrogen-bond acceptors (Lipinski definition) is 2. The largest absolute Gasteiger partial charge is 0.387 e. The SMILES string of the molecule is CN(CC(F)F)CC(O)c1cccc(F)c1F. The van der Waals surface area contributed by atoms with Gasteiger partial charge in [0, 0.05) is 12.1 Å². The van der Waals surface area contributed by atoms with Crippen LogP contribution in [-0.2, 0) is 0 Å². The number of rotatable bonds is 5. The number of aliphatic hydroxyl groups excluding tert-OH is 1. The number of hydrogen-bond donors (Lipinski definition) is 1. The molecule has 0 saturated carbocycles. The molecule has 1 rings (SSSR count). The zero-order valence-corrected chi connectivity index (χ0v) is 9.21. The Morgan fingerprint density at radius 3 is 2.47 bits per heavy atom. The van der Waals surface area contributed by atoms with Crippen LogP contribution >= 0.6 is 0 Å². The monoisotopic (exact) mass is 251 g/mol. The molecule has 1 atom stereocenters. The molecule has 1 unspecified atom stereocenters. The van der Waals surface area contributed by atoms with Crippen molar-refractivity contribution in [2.24, 2.45) is 0 Å². The van der Waals surface area contributed by atoms with E-state index < -0.39 is 30.7 Å². The van der Waals surface area contributed by atoms with Crippen molar-refractivity contribution in [3.63, 3.8) is 0 Å². The Hall–Kier alpha value is -1.14. The fourth-order valence-corrected chi connectivity index (χ4v) is 1.48. The summed E-state index contributed by atoms with van der Waals surface area (Å²) in [7, 11) is 1.37. The predicted molar refractivity (Wildman–Crippen MR) is 54.8 cm³/mol. The van der Waals surface area contributed by atoms with Crippen molar-refractivity contribution in [1.29, 1.82) is 0 Å².